The fraction of sp³-hybridized carbons (Fsp3) is 0.240. The van der Waals surface area contributed by atoms with E-state index in [1.54, 1.807) is 19.2 Å². The smallest absolute Gasteiger partial charge is 0.281 e. The van der Waals surface area contributed by atoms with Gasteiger partial charge in [-0.2, -0.15) is 5.10 Å². The van der Waals surface area contributed by atoms with Gasteiger partial charge in [-0.15, -0.1) is 11.3 Å². The van der Waals surface area contributed by atoms with Crippen LogP contribution in [-0.2, 0) is 11.3 Å². The summed E-state index contributed by atoms with van der Waals surface area (Å²) in [4.78, 5) is 18.7. The van der Waals surface area contributed by atoms with Crippen molar-refractivity contribution >= 4 is 40.8 Å². The molecule has 9 nitrogen and oxygen atoms in total. The van der Waals surface area contributed by atoms with Crippen LogP contribution in [0.2, 0.25) is 5.02 Å². The molecule has 186 valence electrons. The Morgan fingerprint density at radius 3 is 2.69 bits per heavy atom. The van der Waals surface area contributed by atoms with Gasteiger partial charge in [0.1, 0.15) is 6.10 Å². The van der Waals surface area contributed by atoms with E-state index in [0.29, 0.717) is 51.3 Å². The van der Waals surface area contributed by atoms with Crippen LogP contribution in [0.5, 0.6) is 23.0 Å². The lowest BCUT2D eigenvalue weighted by Gasteiger charge is -2.19. The highest BCUT2D eigenvalue weighted by Crippen LogP contribution is 2.52. The molecule has 0 bridgehead atoms. The molecule has 0 radical (unpaired) electrons. The Morgan fingerprint density at radius 2 is 1.97 bits per heavy atom. The summed E-state index contributed by atoms with van der Waals surface area (Å²) in [5, 5.41) is 10.9. The maximum atomic E-state index is 12.4. The number of methoxy groups -OCH3 is 2. The normalized spacial score (nSPS) is 16.1. The lowest BCUT2D eigenvalue weighted by atomic mass is 9.95. The summed E-state index contributed by atoms with van der Waals surface area (Å²) in [5.41, 5.74) is 5.63. The number of rotatable bonds is 8. The second-order valence-corrected chi connectivity index (χ2v) is 9.26. The number of oxime groups is 1. The molecule has 36 heavy (non-hydrogen) atoms. The average molecular weight is 528 g/mol. The summed E-state index contributed by atoms with van der Waals surface area (Å²) in [6, 6.07) is 11.0. The first kappa shape index (κ1) is 24.0. The van der Waals surface area contributed by atoms with E-state index >= 15 is 0 Å². The van der Waals surface area contributed by atoms with Gasteiger partial charge in [0.05, 0.1) is 31.0 Å². The average Bonchev–Trinajstić information content (AvgIpc) is 3.67. The summed E-state index contributed by atoms with van der Waals surface area (Å²) in [6.07, 6.45) is 2.23. The number of carbonyl (C=O) groups excluding carboxylic acids is 1. The van der Waals surface area contributed by atoms with Crippen LogP contribution in [-0.4, -0.2) is 44.9 Å². The zero-order valence-corrected chi connectivity index (χ0v) is 21.0. The van der Waals surface area contributed by atoms with E-state index in [9.17, 15) is 4.79 Å². The van der Waals surface area contributed by atoms with Crippen molar-refractivity contribution in [3.63, 3.8) is 0 Å². The first-order chi connectivity index (χ1) is 17.6. The predicted molar refractivity (Wildman–Crippen MR) is 136 cm³/mol. The van der Waals surface area contributed by atoms with E-state index in [2.05, 4.69) is 15.7 Å². The first-order valence-electron chi connectivity index (χ1n) is 11.0. The van der Waals surface area contributed by atoms with Crippen LogP contribution in [0.15, 0.2) is 52.0 Å². The van der Waals surface area contributed by atoms with E-state index in [0.717, 1.165) is 16.8 Å². The van der Waals surface area contributed by atoms with Crippen LogP contribution in [0.1, 0.15) is 32.8 Å². The van der Waals surface area contributed by atoms with Gasteiger partial charge >= 0.3 is 0 Å². The lowest BCUT2D eigenvalue weighted by molar-refractivity contribution is 0.0853. The van der Waals surface area contributed by atoms with Crippen LogP contribution >= 0.6 is 22.9 Å². The zero-order chi connectivity index (χ0) is 25.1. The fourth-order valence-corrected chi connectivity index (χ4v) is 4.82. The van der Waals surface area contributed by atoms with Crippen molar-refractivity contribution in [3.8, 4) is 23.0 Å². The van der Waals surface area contributed by atoms with Crippen molar-refractivity contribution in [3.05, 3.63) is 68.4 Å². The number of amides is 1. The van der Waals surface area contributed by atoms with Crippen molar-refractivity contribution in [2.24, 2.45) is 10.3 Å². The van der Waals surface area contributed by atoms with Gasteiger partial charge in [-0.3, -0.25) is 4.79 Å². The molecule has 1 N–H and O–H groups in total. The van der Waals surface area contributed by atoms with Gasteiger partial charge in [0.2, 0.25) is 18.3 Å². The minimum Gasteiger partial charge on any atom is -0.492 e. The van der Waals surface area contributed by atoms with Crippen molar-refractivity contribution in [2.75, 3.05) is 21.0 Å². The molecule has 3 aromatic rings. The number of benzene rings is 2. The Balaban J connectivity index is 1.45. The van der Waals surface area contributed by atoms with E-state index < -0.39 is 0 Å². The molecular weight excluding hydrogens is 506 g/mol. The number of thiophene rings is 1. The van der Waals surface area contributed by atoms with E-state index in [1.807, 2.05) is 29.6 Å². The molecule has 0 fully saturated rings. The van der Waals surface area contributed by atoms with E-state index in [1.165, 1.54) is 24.7 Å². The third-order valence-corrected chi connectivity index (χ3v) is 6.84. The zero-order valence-electron chi connectivity index (χ0n) is 19.4. The van der Waals surface area contributed by atoms with E-state index in [4.69, 9.17) is 35.4 Å². The molecule has 11 heteroatoms. The number of fused-ring (bicyclic) bond motifs is 1. The Morgan fingerprint density at radius 1 is 1.19 bits per heavy atom. The molecular formula is C25H22ClN3O6S. The number of hydrogen-bond acceptors (Lipinski definition) is 9. The Hall–Kier alpha value is -3.76. The Bertz CT molecular complexity index is 1320. The van der Waals surface area contributed by atoms with Crippen molar-refractivity contribution in [2.45, 2.75) is 18.9 Å². The third-order valence-electron chi connectivity index (χ3n) is 5.72. The SMILES string of the molecule is COc1c(C[C@@H]2CC(c3ccc(Cl)cc3)=NO2)c(/C=N/NC(=O)c2cccs2)c2c(c1OC)OCO2. The highest BCUT2D eigenvalue weighted by molar-refractivity contribution is 7.12. The Kier molecular flexibility index (Phi) is 6.97. The van der Waals surface area contributed by atoms with E-state index in [-0.39, 0.29) is 18.8 Å². The lowest BCUT2D eigenvalue weighted by Crippen LogP contribution is -2.17. The molecule has 0 saturated heterocycles. The number of halogens is 1. The molecule has 0 spiro atoms. The molecule has 2 aliphatic heterocycles. The number of carbonyl (C=O) groups is 1. The largest absolute Gasteiger partial charge is 0.492 e. The van der Waals surface area contributed by atoms with Gasteiger partial charge in [-0.1, -0.05) is 35.0 Å². The van der Waals surface area contributed by atoms with Gasteiger partial charge in [-0.05, 0) is 29.1 Å². The highest BCUT2D eigenvalue weighted by atomic mass is 35.5. The van der Waals surface area contributed by atoms with Gasteiger partial charge < -0.3 is 23.8 Å². The molecule has 0 aliphatic carbocycles. The van der Waals surface area contributed by atoms with Gasteiger partial charge in [-0.25, -0.2) is 5.43 Å². The summed E-state index contributed by atoms with van der Waals surface area (Å²) >= 11 is 7.34. The van der Waals surface area contributed by atoms with Crippen LogP contribution in [0.25, 0.3) is 0 Å². The number of hydrazone groups is 1. The quantitative estimate of drug-likeness (QED) is 0.338. The van der Waals surface area contributed by atoms with Gasteiger partial charge in [0.25, 0.3) is 5.91 Å². The summed E-state index contributed by atoms with van der Waals surface area (Å²) in [5.74, 6) is 1.44. The van der Waals surface area contributed by atoms with Crippen molar-refractivity contribution < 1.29 is 28.6 Å². The number of hydrogen-bond donors (Lipinski definition) is 1. The molecule has 0 unspecified atom stereocenters. The molecule has 1 atom stereocenters. The minimum absolute atomic E-state index is 0.0183. The molecule has 3 heterocycles. The molecule has 2 aliphatic rings. The molecule has 5 rings (SSSR count). The third kappa shape index (κ3) is 4.69. The topological polar surface area (TPSA) is 100.0 Å². The molecule has 1 aromatic heterocycles. The summed E-state index contributed by atoms with van der Waals surface area (Å²) in [6.45, 7) is 0.0183. The number of nitrogens with one attached hydrogen (secondary N) is 1. The van der Waals surface area contributed by atoms with Gasteiger partial charge in [0, 0.05) is 29.0 Å². The second-order valence-electron chi connectivity index (χ2n) is 7.88. The standard InChI is InChI=1S/C25H22ClN3O6S/c1-31-21-17(10-16-11-19(29-35-16)14-5-7-15(26)8-6-14)18(22-24(23(21)32-2)34-13-33-22)12-27-28-25(30)20-4-3-9-36-20/h3-9,12,16H,10-11,13H2,1-2H3,(H,28,30)/b27-12+/t16-/m1/s1. The van der Waals surface area contributed by atoms with Crippen LogP contribution < -0.4 is 24.4 Å². The maximum absolute atomic E-state index is 12.4. The van der Waals surface area contributed by atoms with Crippen molar-refractivity contribution in [1.82, 2.24) is 5.43 Å². The maximum Gasteiger partial charge on any atom is 0.281 e. The molecule has 2 aromatic carbocycles. The number of ether oxygens (including phenoxy) is 4. The predicted octanol–water partition coefficient (Wildman–Crippen LogP) is 4.65. The molecule has 0 saturated carbocycles. The monoisotopic (exact) mass is 527 g/mol. The van der Waals surface area contributed by atoms with Crippen molar-refractivity contribution in [1.29, 1.82) is 0 Å². The van der Waals surface area contributed by atoms with Crippen LogP contribution in [0.3, 0.4) is 0 Å². The first-order valence-corrected chi connectivity index (χ1v) is 12.3. The van der Waals surface area contributed by atoms with Crippen LogP contribution in [0.4, 0.5) is 0 Å². The molecule has 1 amide bonds. The fourth-order valence-electron chi connectivity index (χ4n) is 4.08. The van der Waals surface area contributed by atoms with Gasteiger partial charge in [0.15, 0.2) is 11.5 Å². The van der Waals surface area contributed by atoms with Crippen LogP contribution in [0, 0.1) is 0 Å². The number of nitrogens with zero attached hydrogens (tertiary/aromatic N) is 2. The summed E-state index contributed by atoms with van der Waals surface area (Å²) in [7, 11) is 3.08. The summed E-state index contributed by atoms with van der Waals surface area (Å²) < 4.78 is 22.8. The highest BCUT2D eigenvalue weighted by Gasteiger charge is 2.33. The Labute approximate surface area is 216 Å². The second kappa shape index (κ2) is 10.5. The minimum atomic E-state index is -0.308.